The average Bonchev–Trinajstić information content (AvgIpc) is 3.61. The van der Waals surface area contributed by atoms with Gasteiger partial charge in [0.15, 0.2) is 5.65 Å². The summed E-state index contributed by atoms with van der Waals surface area (Å²) in [6, 6.07) is 10.1. The minimum atomic E-state index is -0.0903. The van der Waals surface area contributed by atoms with Crippen molar-refractivity contribution in [2.75, 3.05) is 6.54 Å². The van der Waals surface area contributed by atoms with Crippen LogP contribution in [0.4, 0.5) is 0 Å². The van der Waals surface area contributed by atoms with Gasteiger partial charge in [0, 0.05) is 36.6 Å². The van der Waals surface area contributed by atoms with Gasteiger partial charge in [-0.3, -0.25) is 20.6 Å². The van der Waals surface area contributed by atoms with Crippen LogP contribution in [0.25, 0.3) is 22.3 Å². The molecule has 0 bridgehead atoms. The summed E-state index contributed by atoms with van der Waals surface area (Å²) in [5.74, 6) is 1.23. The number of nitrogens with one attached hydrogen (secondary N) is 3. The Labute approximate surface area is 190 Å². The quantitative estimate of drug-likeness (QED) is 0.435. The number of carbonyl (C=O) groups is 1. The van der Waals surface area contributed by atoms with Gasteiger partial charge in [-0.25, -0.2) is 9.67 Å². The first kappa shape index (κ1) is 20.1. The molecule has 3 atom stereocenters. The Morgan fingerprint density at radius 1 is 1.24 bits per heavy atom. The zero-order chi connectivity index (χ0) is 22.2. The van der Waals surface area contributed by atoms with Crippen LogP contribution in [0.5, 0.6) is 0 Å². The number of nitrogens with zero attached hydrogens (tertiary/aromatic N) is 4. The van der Waals surface area contributed by atoms with Crippen molar-refractivity contribution in [1.29, 1.82) is 0 Å². The fourth-order valence-corrected chi connectivity index (χ4v) is 4.96. The molecule has 1 saturated carbocycles. The number of hydrogen-bond donors (Lipinski definition) is 3. The number of fused-ring (bicyclic) bond motifs is 2. The molecule has 3 N–H and O–H groups in total. The van der Waals surface area contributed by atoms with Crippen molar-refractivity contribution >= 4 is 16.9 Å². The first-order valence-corrected chi connectivity index (χ1v) is 11.3. The first-order valence-electron chi connectivity index (χ1n) is 11.3. The number of hydrazine groups is 1. The van der Waals surface area contributed by atoms with Crippen molar-refractivity contribution in [3.8, 4) is 11.3 Å². The zero-order valence-corrected chi connectivity index (χ0v) is 18.1. The van der Waals surface area contributed by atoms with Crippen LogP contribution in [0.1, 0.15) is 35.4 Å². The van der Waals surface area contributed by atoms with Gasteiger partial charge in [-0.05, 0) is 55.5 Å². The van der Waals surface area contributed by atoms with Gasteiger partial charge in [0.05, 0.1) is 29.1 Å². The van der Waals surface area contributed by atoms with E-state index in [9.17, 15) is 4.79 Å². The number of rotatable bonds is 5. The van der Waals surface area contributed by atoms with Crippen molar-refractivity contribution in [2.45, 2.75) is 37.9 Å². The molecule has 0 spiro atoms. The van der Waals surface area contributed by atoms with Crippen molar-refractivity contribution < 1.29 is 9.21 Å². The van der Waals surface area contributed by atoms with Crippen LogP contribution in [-0.4, -0.2) is 44.3 Å². The van der Waals surface area contributed by atoms with Crippen LogP contribution < -0.4 is 16.2 Å². The summed E-state index contributed by atoms with van der Waals surface area (Å²) in [5, 5.41) is 8.53. The Balaban J connectivity index is 1.35. The molecular weight excluding hydrogens is 418 g/mol. The minimum absolute atomic E-state index is 0.0903. The van der Waals surface area contributed by atoms with Crippen LogP contribution in [0.15, 0.2) is 59.6 Å². The lowest BCUT2D eigenvalue weighted by Crippen LogP contribution is -2.44. The Morgan fingerprint density at radius 2 is 2.21 bits per heavy atom. The van der Waals surface area contributed by atoms with E-state index in [2.05, 4.69) is 26.3 Å². The molecule has 6 rings (SSSR count). The summed E-state index contributed by atoms with van der Waals surface area (Å²) in [5.41, 5.74) is 9.35. The van der Waals surface area contributed by atoms with Crippen LogP contribution in [0, 0.1) is 5.92 Å². The lowest BCUT2D eigenvalue weighted by Gasteiger charge is -2.31. The highest BCUT2D eigenvalue weighted by molar-refractivity contribution is 6.06. The van der Waals surface area contributed by atoms with E-state index in [-0.39, 0.29) is 11.9 Å². The molecular formula is C24H25N7O2. The third-order valence-electron chi connectivity index (χ3n) is 6.67. The van der Waals surface area contributed by atoms with Gasteiger partial charge in [0.2, 0.25) is 0 Å². The summed E-state index contributed by atoms with van der Waals surface area (Å²) >= 11 is 0. The van der Waals surface area contributed by atoms with E-state index >= 15 is 0 Å². The topological polar surface area (TPSA) is 110 Å². The molecule has 1 amide bonds. The van der Waals surface area contributed by atoms with Gasteiger partial charge < -0.3 is 9.73 Å². The number of aromatic nitrogens is 4. The second-order valence-electron chi connectivity index (χ2n) is 8.79. The molecule has 1 saturated heterocycles. The van der Waals surface area contributed by atoms with Gasteiger partial charge in [0.1, 0.15) is 12.3 Å². The number of hydrogen-bond acceptors (Lipinski definition) is 7. The molecule has 33 heavy (non-hydrogen) atoms. The van der Waals surface area contributed by atoms with E-state index in [0.717, 1.165) is 42.5 Å². The van der Waals surface area contributed by atoms with Crippen LogP contribution in [0.3, 0.4) is 0 Å². The van der Waals surface area contributed by atoms with Crippen molar-refractivity contribution in [1.82, 2.24) is 35.9 Å². The summed E-state index contributed by atoms with van der Waals surface area (Å²) in [7, 11) is 0. The zero-order valence-electron chi connectivity index (χ0n) is 18.1. The Morgan fingerprint density at radius 3 is 3.06 bits per heavy atom. The fourth-order valence-electron chi connectivity index (χ4n) is 4.96. The summed E-state index contributed by atoms with van der Waals surface area (Å²) in [4.78, 5) is 22.6. The number of amides is 1. The van der Waals surface area contributed by atoms with Gasteiger partial charge in [-0.15, -0.1) is 0 Å². The van der Waals surface area contributed by atoms with Gasteiger partial charge in [0.25, 0.3) is 5.91 Å². The normalized spacial score (nSPS) is 22.4. The average molecular weight is 444 g/mol. The number of carbonyl (C=O) groups excluding carboxylic acids is 1. The van der Waals surface area contributed by atoms with Crippen LogP contribution in [0.2, 0.25) is 0 Å². The fraction of sp³-hybridized carbons (Fsp3) is 0.333. The first-order chi connectivity index (χ1) is 16.2. The maximum atomic E-state index is 13.5. The molecule has 5 heterocycles. The van der Waals surface area contributed by atoms with Crippen LogP contribution in [-0.2, 0) is 6.54 Å². The molecule has 9 heteroatoms. The Bertz CT molecular complexity index is 1270. The summed E-state index contributed by atoms with van der Waals surface area (Å²) < 4.78 is 7.26. The second-order valence-corrected chi connectivity index (χ2v) is 8.79. The molecule has 4 aromatic rings. The SMILES string of the molecule is O=C(NC1CCC2NNCC2C1)c1cc(-c2cccnc2)nc2c1cnn2Cc1ccco1. The van der Waals surface area contributed by atoms with E-state index in [1.165, 1.54) is 0 Å². The Hall–Kier alpha value is -3.56. The molecule has 4 aromatic heterocycles. The molecule has 2 fully saturated rings. The molecule has 3 unspecified atom stereocenters. The smallest absolute Gasteiger partial charge is 0.252 e. The third-order valence-corrected chi connectivity index (χ3v) is 6.67. The van der Waals surface area contributed by atoms with Crippen LogP contribution >= 0.6 is 0 Å². The summed E-state index contributed by atoms with van der Waals surface area (Å²) in [6.07, 6.45) is 9.81. The molecule has 1 aliphatic carbocycles. The molecule has 9 nitrogen and oxygen atoms in total. The minimum Gasteiger partial charge on any atom is -0.467 e. The molecule has 0 aromatic carbocycles. The highest BCUT2D eigenvalue weighted by Crippen LogP contribution is 2.28. The maximum Gasteiger partial charge on any atom is 0.252 e. The molecule has 1 aliphatic heterocycles. The van der Waals surface area contributed by atoms with Crippen molar-refractivity contribution in [3.63, 3.8) is 0 Å². The summed E-state index contributed by atoms with van der Waals surface area (Å²) in [6.45, 7) is 1.38. The third kappa shape index (κ3) is 3.90. The van der Waals surface area contributed by atoms with Crippen molar-refractivity contribution in [3.05, 3.63) is 66.5 Å². The van der Waals surface area contributed by atoms with E-state index in [1.807, 2.05) is 30.3 Å². The van der Waals surface area contributed by atoms with E-state index in [1.54, 1.807) is 29.5 Å². The van der Waals surface area contributed by atoms with E-state index < -0.39 is 0 Å². The molecule has 168 valence electrons. The van der Waals surface area contributed by atoms with Gasteiger partial charge in [-0.2, -0.15) is 5.10 Å². The standard InChI is InChI=1S/C24H25N7O2/c32-24(28-17-5-6-21-16(9-17)12-26-30-21)19-10-22(15-3-1-7-25-11-15)29-23-20(19)13-27-31(23)14-18-4-2-8-33-18/h1-4,7-8,10-11,13,16-17,21,26,30H,5-6,9,12,14H2,(H,28,32). The van der Waals surface area contributed by atoms with Gasteiger partial charge in [-0.1, -0.05) is 0 Å². The Kier molecular flexibility index (Phi) is 5.12. The predicted octanol–water partition coefficient (Wildman–Crippen LogP) is 2.51. The van der Waals surface area contributed by atoms with Gasteiger partial charge >= 0.3 is 0 Å². The number of furan rings is 1. The van der Waals surface area contributed by atoms with E-state index in [0.29, 0.717) is 35.4 Å². The second kappa shape index (κ2) is 8.42. The highest BCUT2D eigenvalue weighted by atomic mass is 16.3. The maximum absolute atomic E-state index is 13.5. The lowest BCUT2D eigenvalue weighted by molar-refractivity contribution is 0.0920. The lowest BCUT2D eigenvalue weighted by atomic mass is 9.83. The van der Waals surface area contributed by atoms with Crippen molar-refractivity contribution in [2.24, 2.45) is 5.92 Å². The monoisotopic (exact) mass is 443 g/mol. The largest absolute Gasteiger partial charge is 0.467 e. The highest BCUT2D eigenvalue weighted by Gasteiger charge is 2.34. The number of pyridine rings is 2. The van der Waals surface area contributed by atoms with E-state index in [4.69, 9.17) is 9.40 Å². The molecule has 0 radical (unpaired) electrons. The predicted molar refractivity (Wildman–Crippen MR) is 122 cm³/mol. The molecule has 2 aliphatic rings.